The number of amides is 1. The van der Waals surface area contributed by atoms with Gasteiger partial charge in [0.2, 0.25) is 5.91 Å². The Morgan fingerprint density at radius 1 is 1.25 bits per heavy atom. The van der Waals surface area contributed by atoms with Gasteiger partial charge < -0.3 is 5.32 Å². The molecular formula is C19H22N4O. The van der Waals surface area contributed by atoms with Gasteiger partial charge in [-0.25, -0.2) is 4.98 Å². The summed E-state index contributed by atoms with van der Waals surface area (Å²) in [7, 11) is 0. The van der Waals surface area contributed by atoms with Crippen molar-refractivity contribution >= 4 is 11.6 Å². The number of aryl methyl sites for hydroxylation is 1. The predicted molar refractivity (Wildman–Crippen MR) is 93.6 cm³/mol. The topological polar surface area (TPSA) is 70.7 Å². The molecule has 1 heterocycles. The monoisotopic (exact) mass is 322 g/mol. The van der Waals surface area contributed by atoms with Crippen molar-refractivity contribution in [3.63, 3.8) is 0 Å². The van der Waals surface area contributed by atoms with Gasteiger partial charge >= 0.3 is 0 Å². The Labute approximate surface area is 141 Å². The smallest absolute Gasteiger partial charge is 0.227 e. The molecule has 0 saturated heterocycles. The highest BCUT2D eigenvalue weighted by molar-refractivity contribution is 5.96. The van der Waals surface area contributed by atoms with E-state index in [0.717, 1.165) is 41.9 Å². The molecule has 1 fully saturated rings. The highest BCUT2D eigenvalue weighted by Crippen LogP contribution is 2.39. The molecule has 24 heavy (non-hydrogen) atoms. The number of carbonyl (C=O) groups is 1. The molecule has 0 aliphatic heterocycles. The number of aromatic amines is 1. The van der Waals surface area contributed by atoms with Crippen LogP contribution in [0.5, 0.6) is 0 Å². The van der Waals surface area contributed by atoms with E-state index in [-0.39, 0.29) is 11.8 Å². The number of rotatable bonds is 4. The second kappa shape index (κ2) is 6.23. The number of hydrogen-bond acceptors (Lipinski definition) is 3. The minimum atomic E-state index is 0.0540. The molecule has 1 amide bonds. The Morgan fingerprint density at radius 2 is 2.12 bits per heavy atom. The second-order valence-electron chi connectivity index (χ2n) is 6.84. The van der Waals surface area contributed by atoms with E-state index in [9.17, 15) is 4.79 Å². The van der Waals surface area contributed by atoms with Crippen LogP contribution in [0.3, 0.4) is 0 Å². The van der Waals surface area contributed by atoms with Crippen LogP contribution >= 0.6 is 0 Å². The molecule has 2 N–H and O–H groups in total. The number of nitrogens with one attached hydrogen (secondary N) is 2. The average Bonchev–Trinajstić information content (AvgIpc) is 3.34. The summed E-state index contributed by atoms with van der Waals surface area (Å²) < 4.78 is 0. The summed E-state index contributed by atoms with van der Waals surface area (Å²) in [5, 5.41) is 10.5. The molecule has 5 heteroatoms. The Balaban J connectivity index is 1.60. The number of hydrogen-bond donors (Lipinski definition) is 2. The molecule has 1 unspecified atom stereocenters. The molecule has 2 aliphatic carbocycles. The van der Waals surface area contributed by atoms with Gasteiger partial charge in [-0.3, -0.25) is 9.89 Å². The van der Waals surface area contributed by atoms with E-state index in [0.29, 0.717) is 11.7 Å². The lowest BCUT2D eigenvalue weighted by molar-refractivity contribution is -0.120. The third-order valence-electron chi connectivity index (χ3n) is 4.78. The minimum Gasteiger partial charge on any atom is -0.325 e. The lowest BCUT2D eigenvalue weighted by Gasteiger charge is -2.18. The van der Waals surface area contributed by atoms with Crippen LogP contribution in [0.4, 0.5) is 5.69 Å². The zero-order valence-corrected chi connectivity index (χ0v) is 13.9. The predicted octanol–water partition coefficient (Wildman–Crippen LogP) is 3.95. The maximum Gasteiger partial charge on any atom is 0.227 e. The lowest BCUT2D eigenvalue weighted by atomic mass is 9.93. The van der Waals surface area contributed by atoms with Crippen molar-refractivity contribution in [2.75, 3.05) is 5.32 Å². The van der Waals surface area contributed by atoms with Crippen molar-refractivity contribution in [2.45, 2.75) is 44.9 Å². The first-order chi connectivity index (χ1) is 11.7. The Kier molecular flexibility index (Phi) is 3.92. The van der Waals surface area contributed by atoms with Crippen molar-refractivity contribution in [1.29, 1.82) is 0 Å². The molecule has 0 spiro atoms. The quantitative estimate of drug-likeness (QED) is 0.837. The third kappa shape index (κ3) is 3.11. The summed E-state index contributed by atoms with van der Waals surface area (Å²) in [4.78, 5) is 17.2. The lowest BCUT2D eigenvalue weighted by Crippen LogP contribution is -2.23. The van der Waals surface area contributed by atoms with Gasteiger partial charge in [-0.05, 0) is 51.2 Å². The number of benzene rings is 1. The number of carbonyl (C=O) groups excluding carboxylic acids is 1. The Hall–Kier alpha value is -2.43. The van der Waals surface area contributed by atoms with Crippen LogP contribution in [0.25, 0.3) is 11.4 Å². The van der Waals surface area contributed by atoms with E-state index >= 15 is 0 Å². The van der Waals surface area contributed by atoms with Gasteiger partial charge in [-0.2, -0.15) is 5.10 Å². The van der Waals surface area contributed by atoms with E-state index < -0.39 is 0 Å². The van der Waals surface area contributed by atoms with Gasteiger partial charge in [0.05, 0.1) is 5.69 Å². The van der Waals surface area contributed by atoms with Crippen LogP contribution in [-0.4, -0.2) is 21.1 Å². The zero-order valence-electron chi connectivity index (χ0n) is 13.9. The van der Waals surface area contributed by atoms with Gasteiger partial charge in [-0.1, -0.05) is 23.8 Å². The van der Waals surface area contributed by atoms with Gasteiger partial charge in [0.25, 0.3) is 0 Å². The second-order valence-corrected chi connectivity index (χ2v) is 6.84. The number of anilines is 1. The average molecular weight is 322 g/mol. The van der Waals surface area contributed by atoms with Crippen LogP contribution in [0, 0.1) is 12.8 Å². The summed E-state index contributed by atoms with van der Waals surface area (Å²) in [5.41, 5.74) is 2.81. The summed E-state index contributed by atoms with van der Waals surface area (Å²) >= 11 is 0. The van der Waals surface area contributed by atoms with Gasteiger partial charge in [0.1, 0.15) is 5.82 Å². The van der Waals surface area contributed by atoms with E-state index in [4.69, 9.17) is 0 Å². The normalized spacial score (nSPS) is 20.1. The molecular weight excluding hydrogens is 300 g/mol. The fourth-order valence-corrected chi connectivity index (χ4v) is 3.15. The molecule has 0 bridgehead atoms. The highest BCUT2D eigenvalue weighted by atomic mass is 16.1. The zero-order chi connectivity index (χ0) is 16.5. The van der Waals surface area contributed by atoms with E-state index in [1.54, 1.807) is 0 Å². The maximum absolute atomic E-state index is 12.6. The Morgan fingerprint density at radius 3 is 2.88 bits per heavy atom. The molecule has 2 aromatic rings. The number of nitrogens with zero attached hydrogens (tertiary/aromatic N) is 2. The summed E-state index contributed by atoms with van der Waals surface area (Å²) in [6.45, 7) is 2.04. The first kappa shape index (κ1) is 15.1. The molecule has 0 radical (unpaired) electrons. The fourth-order valence-electron chi connectivity index (χ4n) is 3.15. The van der Waals surface area contributed by atoms with Crippen LogP contribution in [0.15, 0.2) is 30.4 Å². The number of allylic oxidation sites excluding steroid dienone is 2. The molecule has 2 aliphatic rings. The maximum atomic E-state index is 12.6. The minimum absolute atomic E-state index is 0.0540. The molecule has 4 rings (SSSR count). The van der Waals surface area contributed by atoms with Gasteiger partial charge in [0, 0.05) is 17.4 Å². The van der Waals surface area contributed by atoms with Gasteiger partial charge in [0.15, 0.2) is 5.82 Å². The Bertz CT molecular complexity index is 788. The summed E-state index contributed by atoms with van der Waals surface area (Å²) in [6.07, 6.45) is 9.32. The number of H-pyrrole nitrogens is 1. The fraction of sp³-hybridized carbons (Fsp3) is 0.421. The van der Waals surface area contributed by atoms with E-state index in [2.05, 4.69) is 32.7 Å². The molecule has 5 nitrogen and oxygen atoms in total. The first-order valence-corrected chi connectivity index (χ1v) is 8.70. The van der Waals surface area contributed by atoms with Crippen LogP contribution in [0.1, 0.15) is 49.4 Å². The molecule has 124 valence electrons. The third-order valence-corrected chi connectivity index (χ3v) is 4.78. The molecule has 1 aromatic carbocycles. The van der Waals surface area contributed by atoms with Crippen molar-refractivity contribution in [3.8, 4) is 11.4 Å². The van der Waals surface area contributed by atoms with Crippen LogP contribution in [-0.2, 0) is 4.79 Å². The SMILES string of the molecule is Cc1ccc(NC(=O)C2CC=CCC2)c(-c2n[nH]c(C3CC3)n2)c1. The van der Waals surface area contributed by atoms with Gasteiger partial charge in [-0.15, -0.1) is 0 Å². The summed E-state index contributed by atoms with van der Waals surface area (Å²) in [5.74, 6) is 2.30. The van der Waals surface area contributed by atoms with Crippen molar-refractivity contribution in [2.24, 2.45) is 5.92 Å². The number of aromatic nitrogens is 3. The molecule has 1 aromatic heterocycles. The van der Waals surface area contributed by atoms with Crippen molar-refractivity contribution in [1.82, 2.24) is 15.2 Å². The highest BCUT2D eigenvalue weighted by Gasteiger charge is 2.28. The summed E-state index contributed by atoms with van der Waals surface area (Å²) in [6, 6.07) is 6.00. The molecule has 1 saturated carbocycles. The van der Waals surface area contributed by atoms with Crippen LogP contribution in [0.2, 0.25) is 0 Å². The van der Waals surface area contributed by atoms with Crippen LogP contribution < -0.4 is 5.32 Å². The van der Waals surface area contributed by atoms with E-state index in [1.165, 1.54) is 12.8 Å². The standard InChI is InChI=1S/C19H22N4O/c1-12-7-10-16(20-19(24)14-5-3-2-4-6-14)15(11-12)18-21-17(22-23-18)13-8-9-13/h2-3,7,10-11,13-14H,4-6,8-9H2,1H3,(H,20,24)(H,21,22,23). The van der Waals surface area contributed by atoms with E-state index in [1.807, 2.05) is 25.1 Å². The van der Waals surface area contributed by atoms with Crippen molar-refractivity contribution in [3.05, 3.63) is 41.7 Å². The molecule has 1 atom stereocenters. The first-order valence-electron chi connectivity index (χ1n) is 8.70. The van der Waals surface area contributed by atoms with Crippen molar-refractivity contribution < 1.29 is 4.79 Å². The largest absolute Gasteiger partial charge is 0.325 e.